The molecule has 0 aliphatic carbocycles. The summed E-state index contributed by atoms with van der Waals surface area (Å²) in [6.07, 6.45) is 6.92. The van der Waals surface area contributed by atoms with Gasteiger partial charge in [0, 0.05) is 33.3 Å². The van der Waals surface area contributed by atoms with Crippen molar-refractivity contribution < 1.29 is 0 Å². The molecule has 1 aromatic heterocycles. The van der Waals surface area contributed by atoms with Crippen molar-refractivity contribution >= 4 is 42.7 Å². The first-order chi connectivity index (χ1) is 12.4. The van der Waals surface area contributed by atoms with Gasteiger partial charge in [0.05, 0.1) is 0 Å². The third-order valence-corrected chi connectivity index (χ3v) is 6.49. The summed E-state index contributed by atoms with van der Waals surface area (Å²) >= 11 is 1.91. The Kier molecular flexibility index (Phi) is 3.93. The molecule has 2 aromatic carbocycles. The summed E-state index contributed by atoms with van der Waals surface area (Å²) in [7, 11) is 0. The van der Waals surface area contributed by atoms with Crippen LogP contribution in [0.4, 0.5) is 0 Å². The Balaban J connectivity index is 1.65. The van der Waals surface area contributed by atoms with E-state index in [1.807, 2.05) is 11.3 Å². The third-order valence-electron chi connectivity index (χ3n) is 5.34. The Morgan fingerprint density at radius 3 is 1.64 bits per heavy atom. The standard InChI is InChI=1S/C22H22N2S/c1-3-21-19(13-17(1)15-5-9-23-10-6-15)20-14-18(2-4-22(20)25-21)16-7-11-24-12-8-16/h1-5,7,13-14,23-24H,6,8-12H2. The lowest BCUT2D eigenvalue weighted by atomic mass is 9.96. The van der Waals surface area contributed by atoms with Crippen LogP contribution in [-0.2, 0) is 0 Å². The molecule has 2 N–H and O–H groups in total. The molecule has 0 atom stereocenters. The fourth-order valence-electron chi connectivity index (χ4n) is 3.95. The quantitative estimate of drug-likeness (QED) is 0.696. The molecule has 0 amide bonds. The molecule has 126 valence electrons. The van der Waals surface area contributed by atoms with Crippen molar-refractivity contribution in [3.8, 4) is 0 Å². The average molecular weight is 346 g/mol. The number of hydrogen-bond acceptors (Lipinski definition) is 3. The summed E-state index contributed by atoms with van der Waals surface area (Å²) in [5.74, 6) is 0. The molecule has 0 fully saturated rings. The van der Waals surface area contributed by atoms with Gasteiger partial charge in [-0.1, -0.05) is 24.3 Å². The minimum absolute atomic E-state index is 0.990. The summed E-state index contributed by atoms with van der Waals surface area (Å²) < 4.78 is 2.79. The van der Waals surface area contributed by atoms with Crippen LogP contribution in [0.1, 0.15) is 24.0 Å². The van der Waals surface area contributed by atoms with Gasteiger partial charge < -0.3 is 10.6 Å². The van der Waals surface area contributed by atoms with Crippen LogP contribution in [0.5, 0.6) is 0 Å². The molecule has 3 heteroatoms. The molecule has 3 heterocycles. The van der Waals surface area contributed by atoms with E-state index < -0.39 is 0 Å². The smallest absolute Gasteiger partial charge is 0.0355 e. The second-order valence-electron chi connectivity index (χ2n) is 6.89. The first-order valence-corrected chi connectivity index (χ1v) is 9.97. The van der Waals surface area contributed by atoms with Gasteiger partial charge in [-0.3, -0.25) is 0 Å². The van der Waals surface area contributed by atoms with Gasteiger partial charge in [0.2, 0.25) is 0 Å². The minimum Gasteiger partial charge on any atom is -0.313 e. The number of nitrogens with one attached hydrogen (secondary N) is 2. The van der Waals surface area contributed by atoms with Crippen LogP contribution < -0.4 is 10.6 Å². The predicted molar refractivity (Wildman–Crippen MR) is 110 cm³/mol. The van der Waals surface area contributed by atoms with Crippen LogP contribution in [0.3, 0.4) is 0 Å². The van der Waals surface area contributed by atoms with E-state index in [0.717, 1.165) is 39.0 Å². The molecule has 0 saturated heterocycles. The topological polar surface area (TPSA) is 24.1 Å². The van der Waals surface area contributed by atoms with Gasteiger partial charge in [0.1, 0.15) is 0 Å². The van der Waals surface area contributed by atoms with Gasteiger partial charge in [0.15, 0.2) is 0 Å². The highest BCUT2D eigenvalue weighted by molar-refractivity contribution is 7.25. The number of benzene rings is 2. The summed E-state index contributed by atoms with van der Waals surface area (Å²) in [4.78, 5) is 0. The summed E-state index contributed by atoms with van der Waals surface area (Å²) in [6.45, 7) is 4.15. The Morgan fingerprint density at radius 2 is 1.20 bits per heavy atom. The molecule has 5 rings (SSSR count). The predicted octanol–water partition coefficient (Wildman–Crippen LogP) is 4.81. The van der Waals surface area contributed by atoms with E-state index in [9.17, 15) is 0 Å². The molecular formula is C22H22N2S. The number of rotatable bonds is 2. The normalized spacial score (nSPS) is 18.4. The fourth-order valence-corrected chi connectivity index (χ4v) is 5.01. The van der Waals surface area contributed by atoms with E-state index in [0.29, 0.717) is 0 Å². The molecule has 2 aliphatic rings. The maximum absolute atomic E-state index is 3.40. The maximum Gasteiger partial charge on any atom is 0.0355 e. The lowest BCUT2D eigenvalue weighted by Gasteiger charge is -2.15. The van der Waals surface area contributed by atoms with Crippen LogP contribution in [0.2, 0.25) is 0 Å². The zero-order valence-electron chi connectivity index (χ0n) is 14.3. The van der Waals surface area contributed by atoms with E-state index in [2.05, 4.69) is 59.2 Å². The molecule has 0 radical (unpaired) electrons. The van der Waals surface area contributed by atoms with Gasteiger partial charge in [-0.2, -0.15) is 0 Å². The first kappa shape index (κ1) is 15.3. The molecule has 0 spiro atoms. The molecule has 0 bridgehead atoms. The molecule has 2 nitrogen and oxygen atoms in total. The van der Waals surface area contributed by atoms with Crippen molar-refractivity contribution in [3.63, 3.8) is 0 Å². The largest absolute Gasteiger partial charge is 0.313 e. The highest BCUT2D eigenvalue weighted by atomic mass is 32.1. The maximum atomic E-state index is 3.40. The van der Waals surface area contributed by atoms with Gasteiger partial charge in [-0.15, -0.1) is 11.3 Å². The van der Waals surface area contributed by atoms with Crippen LogP contribution in [0.25, 0.3) is 31.3 Å². The van der Waals surface area contributed by atoms with Crippen molar-refractivity contribution in [3.05, 3.63) is 59.7 Å². The lowest BCUT2D eigenvalue weighted by Crippen LogP contribution is -2.20. The minimum atomic E-state index is 0.990. The van der Waals surface area contributed by atoms with Crippen molar-refractivity contribution in [1.29, 1.82) is 0 Å². The van der Waals surface area contributed by atoms with E-state index in [1.54, 1.807) is 0 Å². The van der Waals surface area contributed by atoms with E-state index in [-0.39, 0.29) is 0 Å². The summed E-state index contributed by atoms with van der Waals surface area (Å²) in [5, 5.41) is 9.63. The molecule has 3 aromatic rings. The fraction of sp³-hybridized carbons (Fsp3) is 0.273. The highest BCUT2D eigenvalue weighted by Gasteiger charge is 2.12. The second kappa shape index (κ2) is 6.41. The van der Waals surface area contributed by atoms with Crippen molar-refractivity contribution in [2.24, 2.45) is 0 Å². The molecule has 25 heavy (non-hydrogen) atoms. The molecule has 0 saturated carbocycles. The SMILES string of the molecule is C1=C(c2ccc3sc4ccc(C5=CCNCC5)cc4c3c2)CCNC1. The third kappa shape index (κ3) is 2.82. The highest BCUT2D eigenvalue weighted by Crippen LogP contribution is 2.37. The van der Waals surface area contributed by atoms with Gasteiger partial charge >= 0.3 is 0 Å². The van der Waals surface area contributed by atoms with Crippen molar-refractivity contribution in [1.82, 2.24) is 10.6 Å². The molecular weight excluding hydrogens is 324 g/mol. The Morgan fingerprint density at radius 1 is 0.680 bits per heavy atom. The first-order valence-electron chi connectivity index (χ1n) is 9.15. The van der Waals surface area contributed by atoms with Crippen molar-refractivity contribution in [2.45, 2.75) is 12.8 Å². The zero-order valence-corrected chi connectivity index (χ0v) is 15.1. The molecule has 2 aliphatic heterocycles. The van der Waals surface area contributed by atoms with Gasteiger partial charge in [-0.05, 0) is 72.5 Å². The van der Waals surface area contributed by atoms with Crippen LogP contribution >= 0.6 is 11.3 Å². The van der Waals surface area contributed by atoms with Gasteiger partial charge in [-0.25, -0.2) is 0 Å². The van der Waals surface area contributed by atoms with E-state index >= 15 is 0 Å². The zero-order chi connectivity index (χ0) is 16.6. The van der Waals surface area contributed by atoms with Crippen LogP contribution in [0, 0.1) is 0 Å². The monoisotopic (exact) mass is 346 g/mol. The van der Waals surface area contributed by atoms with Gasteiger partial charge in [0.25, 0.3) is 0 Å². The number of hydrogen-bond donors (Lipinski definition) is 2. The molecule has 0 unspecified atom stereocenters. The number of thiophene rings is 1. The van der Waals surface area contributed by atoms with Crippen LogP contribution in [-0.4, -0.2) is 26.2 Å². The van der Waals surface area contributed by atoms with E-state index in [4.69, 9.17) is 0 Å². The van der Waals surface area contributed by atoms with Crippen molar-refractivity contribution in [2.75, 3.05) is 26.2 Å². The van der Waals surface area contributed by atoms with Crippen LogP contribution in [0.15, 0.2) is 48.6 Å². The summed E-state index contributed by atoms with van der Waals surface area (Å²) in [6, 6.07) is 14.0. The Bertz CT molecular complexity index is 929. The Labute approximate surface area is 152 Å². The summed E-state index contributed by atoms with van der Waals surface area (Å²) in [5.41, 5.74) is 5.75. The number of fused-ring (bicyclic) bond motifs is 3. The average Bonchev–Trinajstić information content (AvgIpc) is 3.06. The Hall–Kier alpha value is -1.94. The van der Waals surface area contributed by atoms with E-state index in [1.165, 1.54) is 42.4 Å². The second-order valence-corrected chi connectivity index (χ2v) is 7.97. The lowest BCUT2D eigenvalue weighted by molar-refractivity contribution is 0.738.